The number of hydrogen-bond acceptors (Lipinski definition) is 3. The second kappa shape index (κ2) is 7.32. The summed E-state index contributed by atoms with van der Waals surface area (Å²) in [6.45, 7) is 0. The van der Waals surface area contributed by atoms with Gasteiger partial charge in [0.25, 0.3) is 5.91 Å². The minimum atomic E-state index is -1.12. The van der Waals surface area contributed by atoms with Crippen molar-refractivity contribution < 1.29 is 14.7 Å². The Labute approximate surface area is 149 Å². The molecule has 0 bridgehead atoms. The number of aliphatic carboxylic acids is 1. The fourth-order valence-electron chi connectivity index (χ4n) is 2.52. The minimum Gasteiger partial charge on any atom is -0.480 e. The zero-order valence-electron chi connectivity index (χ0n) is 13.1. The van der Waals surface area contributed by atoms with Crippen LogP contribution in [0.2, 0.25) is 5.02 Å². The monoisotopic (exact) mass is 354 g/mol. The van der Waals surface area contributed by atoms with Crippen molar-refractivity contribution in [1.29, 1.82) is 0 Å². The van der Waals surface area contributed by atoms with Crippen LogP contribution in [0.25, 0.3) is 10.9 Å². The van der Waals surface area contributed by atoms with E-state index in [1.165, 1.54) is 0 Å². The quantitative estimate of drug-likeness (QED) is 0.736. The number of nitrogens with zero attached hydrogens (tertiary/aromatic N) is 1. The molecule has 126 valence electrons. The number of amides is 1. The lowest BCUT2D eigenvalue weighted by atomic mass is 10.1. The molecule has 0 fully saturated rings. The summed E-state index contributed by atoms with van der Waals surface area (Å²) in [5.74, 6) is -1.64. The van der Waals surface area contributed by atoms with Crippen LogP contribution in [-0.2, 0) is 11.2 Å². The molecule has 0 unspecified atom stereocenters. The summed E-state index contributed by atoms with van der Waals surface area (Å²) < 4.78 is 0. The lowest BCUT2D eigenvalue weighted by Gasteiger charge is -2.14. The highest BCUT2D eigenvalue weighted by Gasteiger charge is 2.22. The number of para-hydroxylation sites is 1. The maximum Gasteiger partial charge on any atom is 0.326 e. The van der Waals surface area contributed by atoms with Crippen molar-refractivity contribution in [1.82, 2.24) is 10.3 Å². The molecule has 0 aliphatic carbocycles. The molecule has 0 radical (unpaired) electrons. The molecule has 25 heavy (non-hydrogen) atoms. The first kappa shape index (κ1) is 16.9. The highest BCUT2D eigenvalue weighted by atomic mass is 35.5. The first-order valence-corrected chi connectivity index (χ1v) is 8.04. The number of hydrogen-bond donors (Lipinski definition) is 2. The zero-order valence-corrected chi connectivity index (χ0v) is 13.9. The maximum absolute atomic E-state index is 12.4. The van der Waals surface area contributed by atoms with E-state index in [0.717, 1.165) is 10.9 Å². The van der Waals surface area contributed by atoms with Crippen LogP contribution in [0, 0.1) is 0 Å². The van der Waals surface area contributed by atoms with Gasteiger partial charge in [0.1, 0.15) is 11.7 Å². The van der Waals surface area contributed by atoms with Crippen LogP contribution in [0.4, 0.5) is 0 Å². The van der Waals surface area contributed by atoms with Gasteiger partial charge in [-0.15, -0.1) is 0 Å². The number of carboxylic acid groups (broad SMARTS) is 1. The smallest absolute Gasteiger partial charge is 0.326 e. The molecule has 2 aromatic carbocycles. The zero-order chi connectivity index (χ0) is 17.8. The third-order valence-electron chi connectivity index (χ3n) is 3.76. The molecule has 1 amide bonds. The first-order valence-electron chi connectivity index (χ1n) is 7.67. The number of aromatic nitrogens is 1. The second-order valence-corrected chi connectivity index (χ2v) is 6.02. The predicted octanol–water partition coefficient (Wildman–Crippen LogP) is 3.31. The Kier molecular flexibility index (Phi) is 4.95. The largest absolute Gasteiger partial charge is 0.480 e. The molecule has 1 heterocycles. The van der Waals surface area contributed by atoms with Gasteiger partial charge >= 0.3 is 5.97 Å². The van der Waals surface area contributed by atoms with Crippen LogP contribution in [0.15, 0.2) is 60.7 Å². The van der Waals surface area contributed by atoms with Gasteiger partial charge in [0.05, 0.1) is 5.52 Å². The van der Waals surface area contributed by atoms with E-state index in [2.05, 4.69) is 10.3 Å². The van der Waals surface area contributed by atoms with Crippen molar-refractivity contribution in [2.24, 2.45) is 0 Å². The molecule has 5 nitrogen and oxygen atoms in total. The van der Waals surface area contributed by atoms with Gasteiger partial charge in [-0.05, 0) is 29.8 Å². The van der Waals surface area contributed by atoms with E-state index >= 15 is 0 Å². The molecule has 0 saturated heterocycles. The standard InChI is InChI=1S/C19H15ClN2O3/c20-14-6-3-4-12(10-14)11-17(19(24)25)22-18(23)16-9-8-13-5-1-2-7-15(13)21-16/h1-10,17H,11H2,(H,22,23)(H,24,25)/t17-/m1/s1. The van der Waals surface area contributed by atoms with E-state index in [-0.39, 0.29) is 12.1 Å². The summed E-state index contributed by atoms with van der Waals surface area (Å²) in [5.41, 5.74) is 1.58. The number of benzene rings is 2. The molecule has 3 aromatic rings. The van der Waals surface area contributed by atoms with Gasteiger partial charge in [0.15, 0.2) is 0 Å². The molecule has 2 N–H and O–H groups in total. The fourth-order valence-corrected chi connectivity index (χ4v) is 2.74. The number of fused-ring (bicyclic) bond motifs is 1. The molecular formula is C19H15ClN2O3. The average Bonchev–Trinajstić information content (AvgIpc) is 2.60. The van der Waals surface area contributed by atoms with Gasteiger partial charge in [-0.1, -0.05) is 48.0 Å². The van der Waals surface area contributed by atoms with E-state index in [0.29, 0.717) is 10.5 Å². The highest BCUT2D eigenvalue weighted by molar-refractivity contribution is 6.30. The van der Waals surface area contributed by atoms with E-state index in [1.54, 1.807) is 42.5 Å². The molecule has 0 aliphatic rings. The van der Waals surface area contributed by atoms with Crippen molar-refractivity contribution in [3.8, 4) is 0 Å². The summed E-state index contributed by atoms with van der Waals surface area (Å²) in [7, 11) is 0. The van der Waals surface area contributed by atoms with E-state index in [4.69, 9.17) is 11.6 Å². The van der Waals surface area contributed by atoms with Crippen molar-refractivity contribution in [3.05, 3.63) is 76.9 Å². The molecule has 0 aliphatic heterocycles. The van der Waals surface area contributed by atoms with Crippen LogP contribution in [0.5, 0.6) is 0 Å². The van der Waals surface area contributed by atoms with Gasteiger partial charge in [0, 0.05) is 16.8 Å². The third kappa shape index (κ3) is 4.14. The van der Waals surface area contributed by atoms with Crippen molar-refractivity contribution >= 4 is 34.4 Å². The van der Waals surface area contributed by atoms with Crippen molar-refractivity contribution in [3.63, 3.8) is 0 Å². The number of halogens is 1. The Bertz CT molecular complexity index is 943. The summed E-state index contributed by atoms with van der Waals surface area (Å²) in [6, 6.07) is 16.6. The summed E-state index contributed by atoms with van der Waals surface area (Å²) in [5, 5.41) is 13.4. The Morgan fingerprint density at radius 2 is 1.88 bits per heavy atom. The lowest BCUT2D eigenvalue weighted by molar-refractivity contribution is -0.139. The summed E-state index contributed by atoms with van der Waals surface area (Å²) in [4.78, 5) is 28.2. The van der Waals surface area contributed by atoms with Crippen LogP contribution in [-0.4, -0.2) is 28.0 Å². The van der Waals surface area contributed by atoms with Crippen LogP contribution < -0.4 is 5.32 Å². The van der Waals surface area contributed by atoms with E-state index in [1.807, 2.05) is 18.2 Å². The van der Waals surface area contributed by atoms with E-state index in [9.17, 15) is 14.7 Å². The Morgan fingerprint density at radius 3 is 2.64 bits per heavy atom. The summed E-state index contributed by atoms with van der Waals surface area (Å²) >= 11 is 5.92. The first-order chi connectivity index (χ1) is 12.0. The average molecular weight is 355 g/mol. The Morgan fingerprint density at radius 1 is 1.08 bits per heavy atom. The number of nitrogens with one attached hydrogen (secondary N) is 1. The van der Waals surface area contributed by atoms with Gasteiger partial charge in [-0.25, -0.2) is 9.78 Å². The minimum absolute atomic E-state index is 0.134. The molecule has 1 aromatic heterocycles. The predicted molar refractivity (Wildman–Crippen MR) is 95.8 cm³/mol. The highest BCUT2D eigenvalue weighted by Crippen LogP contribution is 2.14. The molecule has 0 saturated carbocycles. The van der Waals surface area contributed by atoms with Crippen LogP contribution >= 0.6 is 11.6 Å². The Hall–Kier alpha value is -2.92. The van der Waals surface area contributed by atoms with Crippen LogP contribution in [0.3, 0.4) is 0 Å². The molecule has 6 heteroatoms. The second-order valence-electron chi connectivity index (χ2n) is 5.59. The number of carbonyl (C=O) groups is 2. The number of carboxylic acids is 1. The molecular weight excluding hydrogens is 340 g/mol. The fraction of sp³-hybridized carbons (Fsp3) is 0.105. The molecule has 1 atom stereocenters. The van der Waals surface area contributed by atoms with Gasteiger partial charge in [-0.3, -0.25) is 4.79 Å². The third-order valence-corrected chi connectivity index (χ3v) is 4.00. The van der Waals surface area contributed by atoms with E-state index < -0.39 is 17.9 Å². The maximum atomic E-state index is 12.4. The number of rotatable bonds is 5. The normalized spacial score (nSPS) is 11.9. The van der Waals surface area contributed by atoms with Gasteiger partial charge in [-0.2, -0.15) is 0 Å². The number of pyridine rings is 1. The summed E-state index contributed by atoms with van der Waals surface area (Å²) in [6.07, 6.45) is 0.134. The van der Waals surface area contributed by atoms with Gasteiger partial charge in [0.2, 0.25) is 0 Å². The van der Waals surface area contributed by atoms with Crippen molar-refractivity contribution in [2.45, 2.75) is 12.5 Å². The van der Waals surface area contributed by atoms with Crippen molar-refractivity contribution in [2.75, 3.05) is 0 Å². The molecule has 3 rings (SSSR count). The topological polar surface area (TPSA) is 79.3 Å². The molecule has 0 spiro atoms. The van der Waals surface area contributed by atoms with Gasteiger partial charge < -0.3 is 10.4 Å². The SMILES string of the molecule is O=C(N[C@H](Cc1cccc(Cl)c1)C(=O)O)c1ccc2ccccc2n1. The lowest BCUT2D eigenvalue weighted by Crippen LogP contribution is -2.42. The Balaban J connectivity index is 1.78. The number of carbonyl (C=O) groups excluding carboxylic acids is 1. The van der Waals surface area contributed by atoms with Crippen LogP contribution in [0.1, 0.15) is 16.1 Å².